The van der Waals surface area contributed by atoms with Crippen LogP contribution in [0.15, 0.2) is 41.4 Å². The molecule has 0 saturated carbocycles. The van der Waals surface area contributed by atoms with Crippen LogP contribution in [0.25, 0.3) is 0 Å². The van der Waals surface area contributed by atoms with Gasteiger partial charge >= 0.3 is 0 Å². The highest BCUT2D eigenvalue weighted by atomic mass is 32.2. The van der Waals surface area contributed by atoms with Crippen LogP contribution in [0.1, 0.15) is 5.56 Å². The fraction of sp³-hybridized carbons (Fsp3) is 0. The number of aromatic nitrogens is 2. The number of nitrogen functional groups attached to an aromatic ring is 1. The van der Waals surface area contributed by atoms with Crippen molar-refractivity contribution in [3.8, 4) is 6.07 Å². The highest BCUT2D eigenvalue weighted by Crippen LogP contribution is 2.20. The zero-order valence-corrected chi connectivity index (χ0v) is 10.4. The van der Waals surface area contributed by atoms with Crippen LogP contribution in [0.4, 0.5) is 11.5 Å². The first-order valence-corrected chi connectivity index (χ1v) is 6.61. The predicted molar refractivity (Wildman–Crippen MR) is 68.4 cm³/mol. The molecule has 0 fully saturated rings. The number of rotatable bonds is 3. The Morgan fingerprint density at radius 1 is 1.32 bits per heavy atom. The summed E-state index contributed by atoms with van der Waals surface area (Å²) in [4.78, 5) is -0.158. The first-order chi connectivity index (χ1) is 9.03. The lowest BCUT2D eigenvalue weighted by atomic mass is 10.2. The quantitative estimate of drug-likeness (QED) is 0.796. The predicted octanol–water partition coefficient (Wildman–Crippen LogP) is 0.731. The fourth-order valence-corrected chi connectivity index (χ4v) is 2.55. The topological polar surface area (TPSA) is 122 Å². The first-order valence-electron chi connectivity index (χ1n) is 5.13. The maximum absolute atomic E-state index is 12.1. The smallest absolute Gasteiger partial charge is 0.264 e. The second-order valence-electron chi connectivity index (χ2n) is 3.58. The summed E-state index contributed by atoms with van der Waals surface area (Å²) < 4.78 is 26.5. The molecule has 0 amide bonds. The van der Waals surface area contributed by atoms with Crippen molar-refractivity contribution < 1.29 is 8.42 Å². The van der Waals surface area contributed by atoms with Crippen molar-refractivity contribution in [1.29, 1.82) is 5.26 Å². The Morgan fingerprint density at radius 3 is 2.74 bits per heavy atom. The number of anilines is 2. The number of nitriles is 1. The summed E-state index contributed by atoms with van der Waals surface area (Å²) in [5.74, 6) is 0.0724. The Kier molecular flexibility index (Phi) is 3.31. The molecule has 8 heteroatoms. The average molecular weight is 275 g/mol. The molecule has 19 heavy (non-hydrogen) atoms. The van der Waals surface area contributed by atoms with Gasteiger partial charge in [0, 0.05) is 11.9 Å². The highest BCUT2D eigenvalue weighted by Gasteiger charge is 2.19. The third-order valence-corrected chi connectivity index (χ3v) is 3.64. The molecule has 0 atom stereocenters. The molecule has 3 N–H and O–H groups in total. The SMILES string of the molecule is N#Cc1cc(N)ccc1S(=O)(=O)Nc1cccnn1. The highest BCUT2D eigenvalue weighted by molar-refractivity contribution is 7.92. The molecule has 0 aliphatic rings. The van der Waals surface area contributed by atoms with E-state index in [1.54, 1.807) is 12.1 Å². The van der Waals surface area contributed by atoms with Crippen LogP contribution >= 0.6 is 0 Å². The summed E-state index contributed by atoms with van der Waals surface area (Å²) in [6, 6.07) is 8.76. The molecule has 2 aromatic rings. The number of sulfonamides is 1. The Hall–Kier alpha value is -2.66. The summed E-state index contributed by atoms with van der Waals surface area (Å²) >= 11 is 0. The van der Waals surface area contributed by atoms with Gasteiger partial charge in [-0.1, -0.05) is 0 Å². The van der Waals surface area contributed by atoms with E-state index in [9.17, 15) is 8.42 Å². The zero-order valence-electron chi connectivity index (χ0n) is 9.61. The minimum atomic E-state index is -3.90. The third kappa shape index (κ3) is 2.78. The van der Waals surface area contributed by atoms with E-state index < -0.39 is 10.0 Å². The van der Waals surface area contributed by atoms with E-state index in [0.29, 0.717) is 5.69 Å². The second kappa shape index (κ2) is 4.91. The van der Waals surface area contributed by atoms with Crippen molar-refractivity contribution in [1.82, 2.24) is 10.2 Å². The van der Waals surface area contributed by atoms with Crippen molar-refractivity contribution in [2.24, 2.45) is 0 Å². The molecule has 0 unspecified atom stereocenters. The van der Waals surface area contributed by atoms with Gasteiger partial charge < -0.3 is 5.73 Å². The van der Waals surface area contributed by atoms with Crippen LogP contribution < -0.4 is 10.5 Å². The molecule has 1 aromatic carbocycles. The molecular weight excluding hydrogens is 266 g/mol. The summed E-state index contributed by atoms with van der Waals surface area (Å²) in [6.45, 7) is 0. The van der Waals surface area contributed by atoms with Gasteiger partial charge in [0.1, 0.15) is 11.0 Å². The number of hydrogen-bond donors (Lipinski definition) is 2. The molecule has 0 radical (unpaired) electrons. The summed E-state index contributed by atoms with van der Waals surface area (Å²) in [7, 11) is -3.90. The van der Waals surface area contributed by atoms with Crippen LogP contribution in [-0.4, -0.2) is 18.6 Å². The number of nitrogens with two attached hydrogens (primary N) is 1. The van der Waals surface area contributed by atoms with E-state index in [1.807, 2.05) is 0 Å². The van der Waals surface area contributed by atoms with Gasteiger partial charge in [-0.25, -0.2) is 8.42 Å². The lowest BCUT2D eigenvalue weighted by molar-refractivity contribution is 0.600. The van der Waals surface area contributed by atoms with E-state index in [4.69, 9.17) is 11.0 Å². The number of nitrogens with zero attached hydrogens (tertiary/aromatic N) is 3. The maximum Gasteiger partial charge on any atom is 0.264 e. The fourth-order valence-electron chi connectivity index (χ4n) is 1.42. The Bertz CT molecular complexity index is 737. The van der Waals surface area contributed by atoms with Crippen LogP contribution in [0, 0.1) is 11.3 Å². The van der Waals surface area contributed by atoms with E-state index in [-0.39, 0.29) is 16.3 Å². The monoisotopic (exact) mass is 275 g/mol. The molecule has 0 bridgehead atoms. The van der Waals surface area contributed by atoms with Crippen molar-refractivity contribution in [2.45, 2.75) is 4.90 Å². The van der Waals surface area contributed by atoms with Gasteiger partial charge in [0.05, 0.1) is 5.56 Å². The van der Waals surface area contributed by atoms with Crippen LogP contribution in [0.5, 0.6) is 0 Å². The number of nitrogens with one attached hydrogen (secondary N) is 1. The van der Waals surface area contributed by atoms with Crippen molar-refractivity contribution in [3.05, 3.63) is 42.1 Å². The van der Waals surface area contributed by atoms with E-state index in [1.165, 1.54) is 30.5 Å². The van der Waals surface area contributed by atoms with Crippen LogP contribution in [0.3, 0.4) is 0 Å². The number of hydrogen-bond acceptors (Lipinski definition) is 6. The van der Waals surface area contributed by atoms with Gasteiger partial charge in [0.25, 0.3) is 10.0 Å². The average Bonchev–Trinajstić information content (AvgIpc) is 2.38. The largest absolute Gasteiger partial charge is 0.399 e. The molecule has 0 saturated heterocycles. The van der Waals surface area contributed by atoms with Crippen molar-refractivity contribution in [3.63, 3.8) is 0 Å². The lowest BCUT2D eigenvalue weighted by Gasteiger charge is -2.08. The van der Waals surface area contributed by atoms with Crippen LogP contribution in [0.2, 0.25) is 0 Å². The van der Waals surface area contributed by atoms with Crippen molar-refractivity contribution >= 4 is 21.5 Å². The van der Waals surface area contributed by atoms with E-state index >= 15 is 0 Å². The molecule has 0 aliphatic heterocycles. The molecule has 1 heterocycles. The van der Waals surface area contributed by atoms with E-state index in [0.717, 1.165) is 0 Å². The van der Waals surface area contributed by atoms with Gasteiger partial charge in [-0.3, -0.25) is 4.72 Å². The second-order valence-corrected chi connectivity index (χ2v) is 5.23. The summed E-state index contributed by atoms with van der Waals surface area (Å²) in [6.07, 6.45) is 1.42. The van der Waals surface area contributed by atoms with Gasteiger partial charge in [0.15, 0.2) is 5.82 Å². The zero-order chi connectivity index (χ0) is 13.9. The Morgan fingerprint density at radius 2 is 2.11 bits per heavy atom. The summed E-state index contributed by atoms with van der Waals surface area (Å²) in [5.41, 5.74) is 5.79. The molecule has 1 aromatic heterocycles. The Balaban J connectivity index is 2.44. The molecule has 2 rings (SSSR count). The first kappa shape index (κ1) is 12.8. The van der Waals surface area contributed by atoms with Gasteiger partial charge in [-0.2, -0.15) is 10.4 Å². The minimum absolute atomic E-state index is 0.0311. The molecule has 0 spiro atoms. The van der Waals surface area contributed by atoms with E-state index in [2.05, 4.69) is 14.9 Å². The minimum Gasteiger partial charge on any atom is -0.399 e. The summed E-state index contributed by atoms with van der Waals surface area (Å²) in [5, 5.41) is 16.1. The molecule has 0 aliphatic carbocycles. The van der Waals surface area contributed by atoms with Gasteiger partial charge in [-0.15, -0.1) is 5.10 Å². The van der Waals surface area contributed by atoms with Crippen molar-refractivity contribution in [2.75, 3.05) is 10.5 Å². The molecule has 7 nitrogen and oxygen atoms in total. The number of benzene rings is 1. The molecular formula is C11H9N5O2S. The normalized spacial score (nSPS) is 10.7. The van der Waals surface area contributed by atoms with Gasteiger partial charge in [0.2, 0.25) is 0 Å². The Labute approximate surface area is 109 Å². The maximum atomic E-state index is 12.1. The standard InChI is InChI=1S/C11H9N5O2S/c12-7-8-6-9(13)3-4-10(8)19(17,18)16-11-2-1-5-14-15-11/h1-6H,13H2,(H,15,16). The van der Waals surface area contributed by atoms with Gasteiger partial charge in [-0.05, 0) is 30.3 Å². The molecule has 96 valence electrons. The lowest BCUT2D eigenvalue weighted by Crippen LogP contribution is -2.15. The van der Waals surface area contributed by atoms with Crippen LogP contribution in [-0.2, 0) is 10.0 Å². The third-order valence-electron chi connectivity index (χ3n) is 2.22.